The van der Waals surface area contributed by atoms with Crippen LogP contribution in [0, 0.1) is 6.92 Å². The third-order valence-electron chi connectivity index (χ3n) is 4.29. The zero-order chi connectivity index (χ0) is 19.1. The van der Waals surface area contributed by atoms with E-state index in [2.05, 4.69) is 5.32 Å². The number of carbonyl (C=O) groups is 2. The normalized spacial score (nSPS) is 14.2. The quantitative estimate of drug-likeness (QED) is 0.817. The minimum atomic E-state index is -0.313. The first-order valence-corrected chi connectivity index (χ1v) is 9.11. The van der Waals surface area contributed by atoms with Crippen LogP contribution >= 0.6 is 11.6 Å². The summed E-state index contributed by atoms with van der Waals surface area (Å²) in [6.45, 7) is 6.61. The summed E-state index contributed by atoms with van der Waals surface area (Å²) < 4.78 is 10.3. The number of rotatable bonds is 6. The second kappa shape index (κ2) is 9.52. The van der Waals surface area contributed by atoms with Crippen LogP contribution < -0.4 is 10.1 Å². The largest absolute Gasteiger partial charge is 0.495 e. The van der Waals surface area contributed by atoms with E-state index in [4.69, 9.17) is 21.1 Å². The number of anilines is 1. The summed E-state index contributed by atoms with van der Waals surface area (Å²) in [4.78, 5) is 27.5. The predicted octanol–water partition coefficient (Wildman–Crippen LogP) is 2.76. The van der Waals surface area contributed by atoms with Gasteiger partial charge < -0.3 is 24.6 Å². The Labute approximate surface area is 159 Å². The fourth-order valence-corrected chi connectivity index (χ4v) is 2.94. The Morgan fingerprint density at radius 2 is 1.85 bits per heavy atom. The highest BCUT2D eigenvalue weighted by Gasteiger charge is 2.24. The zero-order valence-electron chi connectivity index (χ0n) is 15.5. The van der Waals surface area contributed by atoms with E-state index in [0.717, 1.165) is 11.3 Å². The van der Waals surface area contributed by atoms with Crippen molar-refractivity contribution < 1.29 is 19.1 Å². The summed E-state index contributed by atoms with van der Waals surface area (Å²) in [7, 11) is 1.58. The molecule has 1 N–H and O–H groups in total. The Kier molecular flexibility index (Phi) is 7.38. The van der Waals surface area contributed by atoms with E-state index in [9.17, 15) is 9.59 Å². The van der Waals surface area contributed by atoms with Crippen LogP contribution in [0.1, 0.15) is 18.9 Å². The van der Waals surface area contributed by atoms with Gasteiger partial charge in [-0.3, -0.25) is 4.79 Å². The van der Waals surface area contributed by atoms with Gasteiger partial charge in [-0.05, 0) is 25.5 Å². The Morgan fingerprint density at radius 3 is 2.46 bits per heavy atom. The summed E-state index contributed by atoms with van der Waals surface area (Å²) in [6.07, 6.45) is 0.0519. The zero-order valence-corrected chi connectivity index (χ0v) is 16.3. The fraction of sp³-hybridized carbons (Fsp3) is 0.556. The molecule has 1 fully saturated rings. The van der Waals surface area contributed by atoms with Crippen LogP contribution in [0.3, 0.4) is 0 Å². The van der Waals surface area contributed by atoms with Gasteiger partial charge in [0.1, 0.15) is 5.75 Å². The number of piperazine rings is 1. The highest BCUT2D eigenvalue weighted by Crippen LogP contribution is 2.30. The van der Waals surface area contributed by atoms with Gasteiger partial charge >= 0.3 is 6.09 Å². The number of amides is 2. The van der Waals surface area contributed by atoms with Crippen molar-refractivity contribution in [3.8, 4) is 5.75 Å². The molecule has 0 bridgehead atoms. The molecule has 2 rings (SSSR count). The van der Waals surface area contributed by atoms with E-state index < -0.39 is 0 Å². The number of aryl methyl sites for hydroxylation is 1. The number of hydrogen-bond acceptors (Lipinski definition) is 5. The fourth-order valence-electron chi connectivity index (χ4n) is 2.79. The summed E-state index contributed by atoms with van der Waals surface area (Å²) in [5.41, 5.74) is 1.76. The Bertz CT molecular complexity index is 646. The number of nitrogens with zero attached hydrogens (tertiary/aromatic N) is 2. The lowest BCUT2D eigenvalue weighted by atomic mass is 10.2. The molecule has 0 aromatic heterocycles. The molecule has 1 aromatic carbocycles. The van der Waals surface area contributed by atoms with E-state index in [1.54, 1.807) is 29.9 Å². The molecule has 1 aliphatic rings. The molecular formula is C18H26ClN3O4. The molecule has 0 spiro atoms. The average Bonchev–Trinajstić information content (AvgIpc) is 2.64. The minimum absolute atomic E-state index is 0.0608. The molecule has 1 aromatic rings. The molecule has 0 unspecified atom stereocenters. The molecule has 0 atom stereocenters. The smallest absolute Gasteiger partial charge is 0.409 e. The first kappa shape index (κ1) is 20.2. The predicted molar refractivity (Wildman–Crippen MR) is 101 cm³/mol. The number of carbonyl (C=O) groups excluding carboxylic acids is 2. The minimum Gasteiger partial charge on any atom is -0.495 e. The molecule has 0 aliphatic carbocycles. The van der Waals surface area contributed by atoms with Gasteiger partial charge in [-0.25, -0.2) is 4.79 Å². The van der Waals surface area contributed by atoms with Crippen molar-refractivity contribution in [1.29, 1.82) is 0 Å². The summed E-state index contributed by atoms with van der Waals surface area (Å²) in [5, 5.41) is 3.87. The van der Waals surface area contributed by atoms with Crippen LogP contribution in [0.25, 0.3) is 0 Å². The standard InChI is InChI=1S/C18H26ClN3O4/c1-4-26-18(24)22-9-7-21(8-10-22)17(23)5-6-20-15-11-13(2)14(19)12-16(15)25-3/h11-12,20H,4-10H2,1-3H3. The molecular weight excluding hydrogens is 358 g/mol. The number of methoxy groups -OCH3 is 1. The lowest BCUT2D eigenvalue weighted by Gasteiger charge is -2.34. The maximum absolute atomic E-state index is 12.4. The summed E-state index contributed by atoms with van der Waals surface area (Å²) >= 11 is 6.10. The van der Waals surface area contributed by atoms with Crippen molar-refractivity contribution >= 4 is 29.3 Å². The molecule has 1 saturated heterocycles. The van der Waals surface area contributed by atoms with E-state index in [-0.39, 0.29) is 12.0 Å². The highest BCUT2D eigenvalue weighted by molar-refractivity contribution is 6.31. The molecule has 144 valence electrons. The molecule has 0 saturated carbocycles. The number of nitrogens with one attached hydrogen (secondary N) is 1. The van der Waals surface area contributed by atoms with Crippen molar-refractivity contribution in [2.24, 2.45) is 0 Å². The molecule has 7 nitrogen and oxygen atoms in total. The first-order chi connectivity index (χ1) is 12.5. The van der Waals surface area contributed by atoms with E-state index >= 15 is 0 Å². The van der Waals surface area contributed by atoms with Crippen LogP contribution in [-0.4, -0.2) is 68.2 Å². The van der Waals surface area contributed by atoms with Gasteiger partial charge in [0.15, 0.2) is 0 Å². The van der Waals surface area contributed by atoms with Crippen molar-refractivity contribution in [3.63, 3.8) is 0 Å². The van der Waals surface area contributed by atoms with Crippen molar-refractivity contribution in [1.82, 2.24) is 9.80 Å². The maximum Gasteiger partial charge on any atom is 0.409 e. The topological polar surface area (TPSA) is 71.1 Å². The molecule has 2 amide bonds. The van der Waals surface area contributed by atoms with Crippen molar-refractivity contribution in [2.45, 2.75) is 20.3 Å². The molecule has 1 aliphatic heterocycles. The van der Waals surface area contributed by atoms with Crippen LogP contribution in [0.4, 0.5) is 10.5 Å². The second-order valence-corrected chi connectivity index (χ2v) is 6.45. The molecule has 0 radical (unpaired) electrons. The van der Waals surface area contributed by atoms with Gasteiger partial charge in [-0.2, -0.15) is 0 Å². The van der Waals surface area contributed by atoms with Gasteiger partial charge in [0, 0.05) is 50.2 Å². The van der Waals surface area contributed by atoms with Gasteiger partial charge in [0.25, 0.3) is 0 Å². The monoisotopic (exact) mass is 383 g/mol. The number of halogens is 1. The van der Waals surface area contributed by atoms with Gasteiger partial charge in [-0.15, -0.1) is 0 Å². The maximum atomic E-state index is 12.4. The highest BCUT2D eigenvalue weighted by atomic mass is 35.5. The van der Waals surface area contributed by atoms with Crippen molar-refractivity contribution in [2.75, 3.05) is 51.8 Å². The average molecular weight is 384 g/mol. The number of benzene rings is 1. The van der Waals surface area contributed by atoms with Crippen molar-refractivity contribution in [3.05, 3.63) is 22.7 Å². The first-order valence-electron chi connectivity index (χ1n) is 8.73. The van der Waals surface area contributed by atoms with Crippen LogP contribution in [0.5, 0.6) is 5.75 Å². The third kappa shape index (κ3) is 5.17. The summed E-state index contributed by atoms with van der Waals surface area (Å²) in [5.74, 6) is 0.710. The molecule has 26 heavy (non-hydrogen) atoms. The lowest BCUT2D eigenvalue weighted by molar-refractivity contribution is -0.132. The molecule has 1 heterocycles. The molecule has 8 heteroatoms. The Balaban J connectivity index is 1.80. The van der Waals surface area contributed by atoms with Gasteiger partial charge in [0.2, 0.25) is 5.91 Å². The van der Waals surface area contributed by atoms with E-state index in [0.29, 0.717) is 56.5 Å². The van der Waals surface area contributed by atoms with E-state index in [1.165, 1.54) is 0 Å². The van der Waals surface area contributed by atoms with E-state index in [1.807, 2.05) is 13.0 Å². The Hall–Kier alpha value is -2.15. The van der Waals surface area contributed by atoms with Crippen LogP contribution in [0.2, 0.25) is 5.02 Å². The second-order valence-electron chi connectivity index (χ2n) is 6.05. The SMILES string of the molecule is CCOC(=O)N1CCN(C(=O)CCNc2cc(C)c(Cl)cc2OC)CC1. The number of ether oxygens (including phenoxy) is 2. The number of hydrogen-bond donors (Lipinski definition) is 1. The third-order valence-corrected chi connectivity index (χ3v) is 4.70. The van der Waals surface area contributed by atoms with Gasteiger partial charge in [-0.1, -0.05) is 11.6 Å². The van der Waals surface area contributed by atoms with Crippen LogP contribution in [0.15, 0.2) is 12.1 Å². The summed E-state index contributed by atoms with van der Waals surface area (Å²) in [6, 6.07) is 3.67. The van der Waals surface area contributed by atoms with Gasteiger partial charge in [0.05, 0.1) is 19.4 Å². The van der Waals surface area contributed by atoms with Crippen LogP contribution in [-0.2, 0) is 9.53 Å². The lowest BCUT2D eigenvalue weighted by Crippen LogP contribution is -2.50. The Morgan fingerprint density at radius 1 is 1.19 bits per heavy atom.